The van der Waals surface area contributed by atoms with Crippen molar-refractivity contribution in [2.75, 3.05) is 11.4 Å². The summed E-state index contributed by atoms with van der Waals surface area (Å²) < 4.78 is 52.6. The van der Waals surface area contributed by atoms with Crippen LogP contribution in [0.5, 0.6) is 0 Å². The number of alkyl halides is 3. The third-order valence-corrected chi connectivity index (χ3v) is 6.02. The van der Waals surface area contributed by atoms with Gasteiger partial charge in [-0.05, 0) is 42.3 Å². The Bertz CT molecular complexity index is 1430. The molecule has 7 nitrogen and oxygen atoms in total. The van der Waals surface area contributed by atoms with Crippen LogP contribution in [0.4, 0.5) is 24.7 Å². The Morgan fingerprint density at radius 1 is 1.00 bits per heavy atom. The molecule has 11 heteroatoms. The molecule has 0 unspecified atom stereocenters. The summed E-state index contributed by atoms with van der Waals surface area (Å²) in [6.45, 7) is 4.58. The van der Waals surface area contributed by atoms with Crippen LogP contribution in [0.3, 0.4) is 0 Å². The van der Waals surface area contributed by atoms with Crippen LogP contribution >= 0.6 is 7.60 Å². The van der Waals surface area contributed by atoms with Gasteiger partial charge >= 0.3 is 13.8 Å². The second kappa shape index (κ2) is 9.97. The zero-order valence-electron chi connectivity index (χ0n) is 19.5. The summed E-state index contributed by atoms with van der Waals surface area (Å²) in [5.41, 5.74) is 0.0914. The van der Waals surface area contributed by atoms with Crippen LogP contribution < -0.4 is 4.90 Å². The topological polar surface area (TPSA) is 99.4 Å². The number of anilines is 2. The lowest BCUT2D eigenvalue weighted by molar-refractivity contribution is -0.137. The minimum absolute atomic E-state index is 0.107. The number of hydrogen-bond acceptors (Lipinski definition) is 5. The molecule has 36 heavy (non-hydrogen) atoms. The maximum atomic E-state index is 13.6. The molecule has 0 atom stereocenters. The van der Waals surface area contributed by atoms with E-state index in [0.29, 0.717) is 17.7 Å². The predicted octanol–water partition coefficient (Wildman–Crippen LogP) is 6.18. The number of aromatic nitrogens is 3. The van der Waals surface area contributed by atoms with Crippen LogP contribution in [0.2, 0.25) is 0 Å². The quantitative estimate of drug-likeness (QED) is 0.283. The molecule has 0 bridgehead atoms. The van der Waals surface area contributed by atoms with Crippen molar-refractivity contribution in [3.63, 3.8) is 0 Å². The van der Waals surface area contributed by atoms with Gasteiger partial charge in [0.25, 0.3) is 0 Å². The van der Waals surface area contributed by atoms with Crippen molar-refractivity contribution in [3.8, 4) is 11.3 Å². The molecule has 0 saturated heterocycles. The molecule has 0 amide bonds. The van der Waals surface area contributed by atoms with Gasteiger partial charge in [-0.25, -0.2) is 9.97 Å². The maximum absolute atomic E-state index is 13.6. The number of hydrogen-bond donors (Lipinski definition) is 2. The average molecular weight is 516 g/mol. The second-order valence-electron chi connectivity index (χ2n) is 8.76. The van der Waals surface area contributed by atoms with E-state index in [0.717, 1.165) is 11.8 Å². The van der Waals surface area contributed by atoms with Gasteiger partial charge in [0.05, 0.1) is 16.8 Å². The van der Waals surface area contributed by atoms with Crippen molar-refractivity contribution in [2.24, 2.45) is 5.92 Å². The summed E-state index contributed by atoms with van der Waals surface area (Å²) in [4.78, 5) is 33.8. The van der Waals surface area contributed by atoms with Gasteiger partial charge < -0.3 is 14.7 Å². The highest BCUT2D eigenvalue weighted by Crippen LogP contribution is 2.41. The standard InChI is InChI=1S/C25H24F3N4O3P/c1-16(2)14-32(18-7-4-3-5-8-18)24-19-11-10-17(23-20(25(26,27)28)9-6-12-29-23)13-21(19)30-22(31-24)15-36(33,34)35/h3-13,16H,14-15H2,1-2H3,(H2,33,34,35). The van der Waals surface area contributed by atoms with Gasteiger partial charge in [0.2, 0.25) is 0 Å². The third-order valence-electron chi connectivity index (χ3n) is 5.33. The number of halogens is 3. The van der Waals surface area contributed by atoms with Crippen molar-refractivity contribution in [1.82, 2.24) is 15.0 Å². The largest absolute Gasteiger partial charge is 0.418 e. The SMILES string of the molecule is CC(C)CN(c1ccccc1)c1nc(CP(=O)(O)O)nc2cc(-c3ncccc3C(F)(F)F)ccc12. The molecule has 2 N–H and O–H groups in total. The maximum Gasteiger partial charge on any atom is 0.418 e. The lowest BCUT2D eigenvalue weighted by atomic mass is 10.0. The van der Waals surface area contributed by atoms with Gasteiger partial charge in [-0.2, -0.15) is 13.2 Å². The fourth-order valence-electron chi connectivity index (χ4n) is 3.92. The monoisotopic (exact) mass is 516 g/mol. The van der Waals surface area contributed by atoms with Gasteiger partial charge in [0, 0.05) is 29.4 Å². The van der Waals surface area contributed by atoms with Crippen molar-refractivity contribution >= 4 is 30.0 Å². The highest BCUT2D eigenvalue weighted by Gasteiger charge is 2.34. The molecule has 2 aromatic heterocycles. The molecule has 0 aliphatic carbocycles. The molecule has 0 spiro atoms. The van der Waals surface area contributed by atoms with Crippen LogP contribution in [0.25, 0.3) is 22.2 Å². The molecule has 0 aliphatic heterocycles. The predicted molar refractivity (Wildman–Crippen MR) is 132 cm³/mol. The molecule has 0 aliphatic rings. The van der Waals surface area contributed by atoms with Gasteiger partial charge in [-0.15, -0.1) is 0 Å². The number of nitrogens with zero attached hydrogens (tertiary/aromatic N) is 4. The highest BCUT2D eigenvalue weighted by atomic mass is 31.2. The highest BCUT2D eigenvalue weighted by molar-refractivity contribution is 7.50. The first-order valence-corrected chi connectivity index (χ1v) is 12.9. The van der Waals surface area contributed by atoms with E-state index < -0.39 is 25.5 Å². The van der Waals surface area contributed by atoms with Crippen LogP contribution in [0, 0.1) is 5.92 Å². The molecular weight excluding hydrogens is 492 g/mol. The fourth-order valence-corrected chi connectivity index (χ4v) is 4.43. The van der Waals surface area contributed by atoms with Crippen LogP contribution in [-0.2, 0) is 16.9 Å². The molecule has 4 rings (SSSR count). The smallest absolute Gasteiger partial charge is 0.326 e. The molecule has 188 valence electrons. The first-order valence-electron chi connectivity index (χ1n) is 11.1. The van der Waals surface area contributed by atoms with Crippen molar-refractivity contribution in [2.45, 2.75) is 26.2 Å². The zero-order valence-corrected chi connectivity index (χ0v) is 20.4. The van der Waals surface area contributed by atoms with Crippen LogP contribution in [0.15, 0.2) is 66.9 Å². The lowest BCUT2D eigenvalue weighted by Gasteiger charge is -2.27. The van der Waals surface area contributed by atoms with Gasteiger partial charge in [-0.1, -0.05) is 38.1 Å². The van der Waals surface area contributed by atoms with Crippen LogP contribution in [0.1, 0.15) is 25.2 Å². The minimum atomic E-state index is -4.61. The average Bonchev–Trinajstić information content (AvgIpc) is 2.80. The van der Waals surface area contributed by atoms with E-state index in [9.17, 15) is 27.5 Å². The Morgan fingerprint density at radius 2 is 1.72 bits per heavy atom. The number of rotatable bonds is 7. The van der Waals surface area contributed by atoms with Gasteiger partial charge in [0.1, 0.15) is 17.8 Å². The molecular formula is C25H24F3N4O3P. The summed E-state index contributed by atoms with van der Waals surface area (Å²) in [5.74, 6) is 0.499. The molecule has 4 aromatic rings. The van der Waals surface area contributed by atoms with E-state index >= 15 is 0 Å². The van der Waals surface area contributed by atoms with Crippen molar-refractivity contribution < 1.29 is 27.5 Å². The van der Waals surface area contributed by atoms with Gasteiger partial charge in [-0.3, -0.25) is 9.55 Å². The molecule has 2 aromatic carbocycles. The Kier molecular flexibility index (Phi) is 7.13. The first-order chi connectivity index (χ1) is 16.9. The number of pyridine rings is 1. The number of fused-ring (bicyclic) bond motifs is 1. The fraction of sp³-hybridized carbons (Fsp3) is 0.240. The summed E-state index contributed by atoms with van der Waals surface area (Å²) in [7, 11) is -4.52. The van der Waals surface area contributed by atoms with Crippen molar-refractivity contribution in [1.29, 1.82) is 0 Å². The Morgan fingerprint density at radius 3 is 2.36 bits per heavy atom. The third kappa shape index (κ3) is 5.90. The van der Waals surface area contributed by atoms with E-state index in [1.807, 2.05) is 49.1 Å². The van der Waals surface area contributed by atoms with Gasteiger partial charge in [0.15, 0.2) is 0 Å². The van der Waals surface area contributed by atoms with Crippen molar-refractivity contribution in [3.05, 3.63) is 78.2 Å². The second-order valence-corrected chi connectivity index (χ2v) is 10.4. The molecule has 0 fully saturated rings. The Hall–Kier alpha value is -3.33. The summed E-state index contributed by atoms with van der Waals surface area (Å²) >= 11 is 0. The minimum Gasteiger partial charge on any atom is -0.326 e. The van der Waals surface area contributed by atoms with Crippen LogP contribution in [-0.4, -0.2) is 31.3 Å². The molecule has 0 radical (unpaired) electrons. The summed E-state index contributed by atoms with van der Waals surface area (Å²) in [6.07, 6.45) is -4.04. The number of para-hydroxylation sites is 1. The first kappa shape index (κ1) is 25.8. The summed E-state index contributed by atoms with van der Waals surface area (Å²) in [6, 6.07) is 16.1. The normalized spacial score (nSPS) is 12.3. The molecule has 0 saturated carbocycles. The van der Waals surface area contributed by atoms with E-state index in [2.05, 4.69) is 15.0 Å². The van der Waals surface area contributed by atoms with E-state index in [-0.39, 0.29) is 28.5 Å². The van der Waals surface area contributed by atoms with E-state index in [1.54, 1.807) is 6.07 Å². The number of benzene rings is 2. The summed E-state index contributed by atoms with van der Waals surface area (Å²) in [5, 5.41) is 0.530. The van der Waals surface area contributed by atoms with E-state index in [1.165, 1.54) is 24.4 Å². The van der Waals surface area contributed by atoms with E-state index in [4.69, 9.17) is 0 Å². The Balaban J connectivity index is 1.96. The molecule has 2 heterocycles. The zero-order chi connectivity index (χ0) is 26.1. The lowest BCUT2D eigenvalue weighted by Crippen LogP contribution is -2.24. The Labute approximate surface area is 205 Å².